The summed E-state index contributed by atoms with van der Waals surface area (Å²) in [4.78, 5) is 32.1. The molecule has 35 heavy (non-hydrogen) atoms. The lowest BCUT2D eigenvalue weighted by Gasteiger charge is -2.17. The molecule has 1 aliphatic heterocycles. The van der Waals surface area contributed by atoms with Crippen LogP contribution in [0.2, 0.25) is 0 Å². The first-order valence-corrected chi connectivity index (χ1v) is 11.7. The Morgan fingerprint density at radius 3 is 2.17 bits per heavy atom. The maximum absolute atomic E-state index is 13.3. The molecule has 3 aromatic rings. The van der Waals surface area contributed by atoms with Crippen LogP contribution >= 0.6 is 11.8 Å². The van der Waals surface area contributed by atoms with Crippen molar-refractivity contribution in [3.8, 4) is 11.5 Å². The van der Waals surface area contributed by atoms with Crippen molar-refractivity contribution >= 4 is 40.1 Å². The molecule has 1 saturated heterocycles. The molecule has 0 aliphatic carbocycles. The third kappa shape index (κ3) is 6.19. The summed E-state index contributed by atoms with van der Waals surface area (Å²) < 4.78 is 23.7. The van der Waals surface area contributed by atoms with Gasteiger partial charge >= 0.3 is 0 Å². The smallest absolute Gasteiger partial charge is 0.242 e. The van der Waals surface area contributed by atoms with Gasteiger partial charge in [0.05, 0.1) is 26.5 Å². The number of nitrogens with zero attached hydrogens (tertiary/aromatic N) is 2. The van der Waals surface area contributed by atoms with Gasteiger partial charge in [0.2, 0.25) is 11.8 Å². The molecule has 1 atom stereocenters. The molecule has 2 amide bonds. The number of amidine groups is 1. The lowest BCUT2D eigenvalue weighted by Crippen LogP contribution is -2.33. The monoisotopic (exact) mass is 493 g/mol. The molecule has 1 fully saturated rings. The van der Waals surface area contributed by atoms with Crippen molar-refractivity contribution in [2.75, 3.05) is 19.5 Å². The van der Waals surface area contributed by atoms with Gasteiger partial charge in [-0.2, -0.15) is 0 Å². The molecule has 9 heteroatoms. The SMILES string of the molecule is COc1ccc(CN2C(=O)C(CC(=O)Nc3ccc(OC)cc3)SC2=Nc2ccc(F)cc2)cc1. The van der Waals surface area contributed by atoms with Crippen molar-refractivity contribution in [2.45, 2.75) is 18.2 Å². The molecule has 0 aromatic heterocycles. The Labute approximate surface area is 207 Å². The summed E-state index contributed by atoms with van der Waals surface area (Å²) in [6.45, 7) is 0.284. The van der Waals surface area contributed by atoms with Gasteiger partial charge in [-0.1, -0.05) is 23.9 Å². The second-order valence-electron chi connectivity index (χ2n) is 7.73. The fourth-order valence-corrected chi connectivity index (χ4v) is 4.62. The van der Waals surface area contributed by atoms with E-state index in [4.69, 9.17) is 9.47 Å². The number of benzene rings is 3. The first kappa shape index (κ1) is 24.3. The van der Waals surface area contributed by atoms with Gasteiger partial charge in [-0.3, -0.25) is 14.5 Å². The first-order valence-electron chi connectivity index (χ1n) is 10.8. The van der Waals surface area contributed by atoms with E-state index < -0.39 is 5.25 Å². The highest BCUT2D eigenvalue weighted by atomic mass is 32.2. The number of carbonyl (C=O) groups is 2. The van der Waals surface area contributed by atoms with Gasteiger partial charge in [0.1, 0.15) is 22.6 Å². The molecule has 4 rings (SSSR count). The third-order valence-electron chi connectivity index (χ3n) is 5.32. The molecule has 1 unspecified atom stereocenters. The van der Waals surface area contributed by atoms with Gasteiger partial charge in [-0.05, 0) is 66.2 Å². The Balaban J connectivity index is 1.52. The fraction of sp³-hybridized carbons (Fsp3) is 0.192. The number of hydrogen-bond donors (Lipinski definition) is 1. The zero-order valence-corrected chi connectivity index (χ0v) is 20.0. The van der Waals surface area contributed by atoms with E-state index in [0.717, 1.165) is 5.56 Å². The summed E-state index contributed by atoms with van der Waals surface area (Å²) in [5.41, 5.74) is 2.01. The Morgan fingerprint density at radius 2 is 1.57 bits per heavy atom. The van der Waals surface area contributed by atoms with E-state index in [0.29, 0.717) is 28.0 Å². The predicted octanol–water partition coefficient (Wildman–Crippen LogP) is 5.00. The number of rotatable bonds is 8. The van der Waals surface area contributed by atoms with Crippen LogP contribution in [0.3, 0.4) is 0 Å². The van der Waals surface area contributed by atoms with E-state index in [2.05, 4.69) is 10.3 Å². The van der Waals surface area contributed by atoms with Crippen LogP contribution in [0.15, 0.2) is 77.8 Å². The molecule has 1 N–H and O–H groups in total. The number of anilines is 1. The number of methoxy groups -OCH3 is 2. The van der Waals surface area contributed by atoms with E-state index in [-0.39, 0.29) is 30.6 Å². The largest absolute Gasteiger partial charge is 0.497 e. The zero-order chi connectivity index (χ0) is 24.8. The van der Waals surface area contributed by atoms with Gasteiger partial charge in [0, 0.05) is 12.1 Å². The quantitative estimate of drug-likeness (QED) is 0.478. The van der Waals surface area contributed by atoms with Gasteiger partial charge in [0.15, 0.2) is 5.17 Å². The second kappa shape index (κ2) is 11.1. The molecular formula is C26H24FN3O4S. The second-order valence-corrected chi connectivity index (χ2v) is 8.90. The molecule has 7 nitrogen and oxygen atoms in total. The van der Waals surface area contributed by atoms with Crippen molar-refractivity contribution in [1.82, 2.24) is 4.90 Å². The van der Waals surface area contributed by atoms with Crippen LogP contribution in [0.1, 0.15) is 12.0 Å². The predicted molar refractivity (Wildman–Crippen MR) is 135 cm³/mol. The van der Waals surface area contributed by atoms with Crippen LogP contribution in [0.5, 0.6) is 11.5 Å². The van der Waals surface area contributed by atoms with Gasteiger partial charge in [-0.25, -0.2) is 9.38 Å². The van der Waals surface area contributed by atoms with E-state index >= 15 is 0 Å². The van der Waals surface area contributed by atoms with E-state index in [1.807, 2.05) is 24.3 Å². The number of thioether (sulfide) groups is 1. The lowest BCUT2D eigenvalue weighted by molar-refractivity contribution is -0.128. The summed E-state index contributed by atoms with van der Waals surface area (Å²) >= 11 is 1.22. The van der Waals surface area contributed by atoms with Crippen LogP contribution in [-0.4, -0.2) is 41.4 Å². The van der Waals surface area contributed by atoms with Crippen LogP contribution < -0.4 is 14.8 Å². The van der Waals surface area contributed by atoms with Gasteiger partial charge in [0.25, 0.3) is 0 Å². The molecule has 0 spiro atoms. The molecule has 180 valence electrons. The van der Waals surface area contributed by atoms with E-state index in [1.54, 1.807) is 55.5 Å². The number of amides is 2. The summed E-state index contributed by atoms with van der Waals surface area (Å²) in [5.74, 6) is 0.529. The summed E-state index contributed by atoms with van der Waals surface area (Å²) in [6.07, 6.45) is -0.0168. The van der Waals surface area contributed by atoms with Crippen molar-refractivity contribution in [3.63, 3.8) is 0 Å². The molecule has 0 bridgehead atoms. The highest BCUT2D eigenvalue weighted by Crippen LogP contribution is 2.33. The maximum atomic E-state index is 13.3. The molecule has 0 saturated carbocycles. The van der Waals surface area contributed by atoms with Gasteiger partial charge < -0.3 is 14.8 Å². The van der Waals surface area contributed by atoms with Crippen LogP contribution in [-0.2, 0) is 16.1 Å². The number of carbonyl (C=O) groups excluding carboxylic acids is 2. The van der Waals surface area contributed by atoms with Crippen LogP contribution in [0.4, 0.5) is 15.8 Å². The normalized spacial score (nSPS) is 16.4. The lowest BCUT2D eigenvalue weighted by atomic mass is 10.2. The number of nitrogens with one attached hydrogen (secondary N) is 1. The minimum Gasteiger partial charge on any atom is -0.497 e. The van der Waals surface area contributed by atoms with Crippen LogP contribution in [0.25, 0.3) is 0 Å². The number of aliphatic imine (C=N–C) groups is 1. The summed E-state index contributed by atoms with van der Waals surface area (Å²) in [7, 11) is 3.16. The Morgan fingerprint density at radius 1 is 0.971 bits per heavy atom. The third-order valence-corrected chi connectivity index (χ3v) is 6.49. The van der Waals surface area contributed by atoms with Crippen molar-refractivity contribution in [1.29, 1.82) is 0 Å². The molecule has 3 aromatic carbocycles. The molecule has 1 heterocycles. The highest BCUT2D eigenvalue weighted by Gasteiger charge is 2.39. The van der Waals surface area contributed by atoms with E-state index in [1.165, 1.54) is 23.9 Å². The van der Waals surface area contributed by atoms with Crippen molar-refractivity contribution in [2.24, 2.45) is 4.99 Å². The van der Waals surface area contributed by atoms with Crippen molar-refractivity contribution in [3.05, 3.63) is 84.2 Å². The minimum atomic E-state index is -0.634. The Bertz CT molecular complexity index is 1210. The Hall–Kier alpha value is -3.85. The molecule has 1 aliphatic rings. The highest BCUT2D eigenvalue weighted by molar-refractivity contribution is 8.15. The molecular weight excluding hydrogens is 469 g/mol. The Kier molecular flexibility index (Phi) is 7.67. The first-order chi connectivity index (χ1) is 16.9. The van der Waals surface area contributed by atoms with Crippen molar-refractivity contribution < 1.29 is 23.5 Å². The standard InChI is InChI=1S/C26H24FN3O4S/c1-33-21-11-3-17(4-12-21)16-30-25(32)23(35-26(30)29-20-7-5-18(27)6-8-20)15-24(31)28-19-9-13-22(34-2)14-10-19/h3-14,23H,15-16H2,1-2H3,(H,28,31). The van der Waals surface area contributed by atoms with Crippen LogP contribution in [0, 0.1) is 5.82 Å². The number of hydrogen-bond acceptors (Lipinski definition) is 6. The fourth-order valence-electron chi connectivity index (χ4n) is 3.46. The topological polar surface area (TPSA) is 80.2 Å². The average Bonchev–Trinajstić information content (AvgIpc) is 3.15. The average molecular weight is 494 g/mol. The van der Waals surface area contributed by atoms with E-state index in [9.17, 15) is 14.0 Å². The molecule has 0 radical (unpaired) electrons. The maximum Gasteiger partial charge on any atom is 0.242 e. The zero-order valence-electron chi connectivity index (χ0n) is 19.2. The number of halogens is 1. The minimum absolute atomic E-state index is 0.0168. The summed E-state index contributed by atoms with van der Waals surface area (Å²) in [5, 5.41) is 2.64. The summed E-state index contributed by atoms with van der Waals surface area (Å²) in [6, 6.07) is 20.1. The number of ether oxygens (including phenoxy) is 2. The van der Waals surface area contributed by atoms with Gasteiger partial charge in [-0.15, -0.1) is 0 Å².